The van der Waals surface area contributed by atoms with E-state index in [1.807, 2.05) is 10.5 Å². The molecule has 9 nitrogen and oxygen atoms in total. The summed E-state index contributed by atoms with van der Waals surface area (Å²) in [6, 6.07) is 2.09. The Balaban J connectivity index is 1.72. The zero-order valence-electron chi connectivity index (χ0n) is 16.2. The molecule has 3 unspecified atom stereocenters. The zero-order chi connectivity index (χ0) is 20.5. The minimum Gasteiger partial charge on any atom is -0.404 e. The van der Waals surface area contributed by atoms with Gasteiger partial charge >= 0.3 is 0 Å². The maximum Gasteiger partial charge on any atom is 0.226 e. The van der Waals surface area contributed by atoms with Crippen LogP contribution in [0.25, 0.3) is 17.0 Å². The molecule has 0 aromatic carbocycles. The van der Waals surface area contributed by atoms with Gasteiger partial charge in [0, 0.05) is 42.8 Å². The van der Waals surface area contributed by atoms with E-state index in [2.05, 4.69) is 39.0 Å². The Kier molecular flexibility index (Phi) is 5.16. The highest BCUT2D eigenvalue weighted by molar-refractivity contribution is 6.29. The second-order valence-corrected chi connectivity index (χ2v) is 7.48. The second-order valence-electron chi connectivity index (χ2n) is 7.10. The van der Waals surface area contributed by atoms with Gasteiger partial charge in [-0.2, -0.15) is 0 Å². The van der Waals surface area contributed by atoms with E-state index in [0.29, 0.717) is 16.7 Å². The molecule has 3 atom stereocenters. The predicted molar refractivity (Wildman–Crippen MR) is 112 cm³/mol. The van der Waals surface area contributed by atoms with Crippen LogP contribution in [-0.4, -0.2) is 55.2 Å². The fourth-order valence-corrected chi connectivity index (χ4v) is 3.87. The summed E-state index contributed by atoms with van der Waals surface area (Å²) in [5.74, 6) is 0.636. The summed E-state index contributed by atoms with van der Waals surface area (Å²) >= 11 is 6.06. The van der Waals surface area contributed by atoms with Crippen molar-refractivity contribution in [2.45, 2.75) is 32.0 Å². The Morgan fingerprint density at radius 1 is 1.31 bits per heavy atom. The van der Waals surface area contributed by atoms with Crippen molar-refractivity contribution >= 4 is 29.4 Å². The fraction of sp³-hybridized carbons (Fsp3) is 0.316. The molecule has 0 amide bonds. The summed E-state index contributed by atoms with van der Waals surface area (Å²) < 4.78 is 1.87. The van der Waals surface area contributed by atoms with Crippen molar-refractivity contribution in [3.63, 3.8) is 0 Å². The number of hydrogen-bond donors (Lipinski definition) is 3. The predicted octanol–water partition coefficient (Wildman–Crippen LogP) is 0.0674. The third-order valence-corrected chi connectivity index (χ3v) is 5.37. The number of fused-ring (bicyclic) bond motifs is 1. The molecule has 0 aliphatic carbocycles. The molecular formula is C19H23ClN9+. The molecule has 150 valence electrons. The van der Waals surface area contributed by atoms with Gasteiger partial charge in [0.05, 0.1) is 29.8 Å². The SMILES string of the molecule is CC1CN(c2nccc(-c3cnc4cnc(Cl)cn34)n2)C(C)C(/C(C=[NH2+])=C/N)N1. The van der Waals surface area contributed by atoms with Gasteiger partial charge in [0.25, 0.3) is 0 Å². The van der Waals surface area contributed by atoms with E-state index in [9.17, 15) is 0 Å². The average Bonchev–Trinajstić information content (AvgIpc) is 3.14. The molecule has 1 aliphatic heterocycles. The molecule has 0 saturated carbocycles. The molecule has 0 spiro atoms. The number of nitrogens with two attached hydrogens (primary N) is 2. The highest BCUT2D eigenvalue weighted by Crippen LogP contribution is 2.25. The number of halogens is 1. The van der Waals surface area contributed by atoms with E-state index in [0.717, 1.165) is 23.5 Å². The monoisotopic (exact) mass is 412 g/mol. The average molecular weight is 413 g/mol. The van der Waals surface area contributed by atoms with Crippen LogP contribution in [0.4, 0.5) is 5.95 Å². The Hall–Kier alpha value is -3.04. The molecule has 1 saturated heterocycles. The van der Waals surface area contributed by atoms with Crippen molar-refractivity contribution in [1.82, 2.24) is 29.7 Å². The molecule has 4 rings (SSSR count). The Morgan fingerprint density at radius 2 is 2.14 bits per heavy atom. The molecule has 4 heterocycles. The van der Waals surface area contributed by atoms with Crippen molar-refractivity contribution in [3.05, 3.63) is 47.8 Å². The van der Waals surface area contributed by atoms with Crippen LogP contribution in [0.3, 0.4) is 0 Å². The number of nitrogens with zero attached hydrogens (tertiary/aromatic N) is 6. The number of nitrogens with one attached hydrogen (secondary N) is 1. The molecule has 3 aromatic heterocycles. The van der Waals surface area contributed by atoms with Crippen LogP contribution < -0.4 is 21.4 Å². The van der Waals surface area contributed by atoms with Gasteiger partial charge in [-0.05, 0) is 19.9 Å². The number of anilines is 1. The Morgan fingerprint density at radius 3 is 2.90 bits per heavy atom. The van der Waals surface area contributed by atoms with Crippen molar-refractivity contribution in [2.75, 3.05) is 11.4 Å². The summed E-state index contributed by atoms with van der Waals surface area (Å²) in [5.41, 5.74) is 8.88. The normalized spacial score (nSPS) is 22.8. The smallest absolute Gasteiger partial charge is 0.226 e. The van der Waals surface area contributed by atoms with Crippen LogP contribution in [0.15, 0.2) is 42.6 Å². The lowest BCUT2D eigenvalue weighted by atomic mass is 9.96. The number of imidazole rings is 1. The third-order valence-electron chi connectivity index (χ3n) is 5.18. The van der Waals surface area contributed by atoms with Gasteiger partial charge in [-0.3, -0.25) is 9.81 Å². The van der Waals surface area contributed by atoms with E-state index < -0.39 is 0 Å². The molecule has 1 fully saturated rings. The molecule has 29 heavy (non-hydrogen) atoms. The summed E-state index contributed by atoms with van der Waals surface area (Å²) in [4.78, 5) is 20.0. The van der Waals surface area contributed by atoms with Gasteiger partial charge < -0.3 is 16.0 Å². The second kappa shape index (κ2) is 7.76. The minimum absolute atomic E-state index is 0.0262. The molecule has 1 aliphatic rings. The van der Waals surface area contributed by atoms with Gasteiger partial charge in [-0.25, -0.2) is 19.9 Å². The molecule has 0 bridgehead atoms. The van der Waals surface area contributed by atoms with Crippen molar-refractivity contribution in [3.8, 4) is 11.4 Å². The van der Waals surface area contributed by atoms with Crippen LogP contribution >= 0.6 is 11.6 Å². The van der Waals surface area contributed by atoms with Crippen LogP contribution in [0.5, 0.6) is 0 Å². The largest absolute Gasteiger partial charge is 0.404 e. The summed E-state index contributed by atoms with van der Waals surface area (Å²) in [6.07, 6.45) is 9.94. The molecular weight excluding hydrogens is 390 g/mol. The van der Waals surface area contributed by atoms with E-state index in [1.165, 1.54) is 12.4 Å². The van der Waals surface area contributed by atoms with E-state index in [4.69, 9.17) is 27.7 Å². The first kappa shape index (κ1) is 19.3. The standard InChI is InChI=1S/C19H22ClN9/c1-11-9-28(12(2)18(26-11)13(5-21)6-22)19-23-4-3-14(27-19)15-7-25-17-8-24-16(20)10-29(15)17/h3-8,10-12,18,21,26H,9,22H2,1-2H3/p+1/b13-6+,21-5?. The van der Waals surface area contributed by atoms with Gasteiger partial charge in [0.1, 0.15) is 5.15 Å². The first-order valence-corrected chi connectivity index (χ1v) is 9.71. The lowest BCUT2D eigenvalue weighted by Crippen LogP contribution is -2.62. The summed E-state index contributed by atoms with van der Waals surface area (Å²) in [6.45, 7) is 4.97. The number of aromatic nitrogens is 5. The zero-order valence-corrected chi connectivity index (χ0v) is 17.0. The van der Waals surface area contributed by atoms with Gasteiger partial charge in [-0.15, -0.1) is 0 Å². The lowest BCUT2D eigenvalue weighted by Gasteiger charge is -2.43. The van der Waals surface area contributed by atoms with E-state index >= 15 is 0 Å². The molecule has 0 radical (unpaired) electrons. The molecule has 10 heteroatoms. The highest BCUT2D eigenvalue weighted by atomic mass is 35.5. The van der Waals surface area contributed by atoms with E-state index in [-0.39, 0.29) is 18.1 Å². The van der Waals surface area contributed by atoms with Crippen molar-refractivity contribution in [1.29, 1.82) is 0 Å². The topological polar surface area (TPSA) is 123 Å². The molecule has 5 N–H and O–H groups in total. The van der Waals surface area contributed by atoms with Gasteiger partial charge in [0.2, 0.25) is 5.95 Å². The number of hydrogen-bond acceptors (Lipinski definition) is 7. The van der Waals surface area contributed by atoms with Crippen LogP contribution in [0.1, 0.15) is 13.8 Å². The fourth-order valence-electron chi connectivity index (χ4n) is 3.73. The first-order valence-electron chi connectivity index (χ1n) is 9.33. The third kappa shape index (κ3) is 3.54. The van der Waals surface area contributed by atoms with Gasteiger partial charge in [-0.1, -0.05) is 11.6 Å². The highest BCUT2D eigenvalue weighted by Gasteiger charge is 2.35. The van der Waals surface area contributed by atoms with E-state index in [1.54, 1.807) is 24.8 Å². The Bertz CT molecular complexity index is 1080. The maximum atomic E-state index is 6.06. The lowest BCUT2D eigenvalue weighted by molar-refractivity contribution is -0.105. The minimum atomic E-state index is -0.0262. The summed E-state index contributed by atoms with van der Waals surface area (Å²) in [5, 5.41) is 9.71. The molecule has 3 aromatic rings. The Labute approximate surface area is 173 Å². The van der Waals surface area contributed by atoms with Crippen LogP contribution in [-0.2, 0) is 0 Å². The van der Waals surface area contributed by atoms with Crippen molar-refractivity contribution in [2.24, 2.45) is 5.73 Å². The maximum absolute atomic E-state index is 6.06. The van der Waals surface area contributed by atoms with Crippen LogP contribution in [0, 0.1) is 0 Å². The number of rotatable bonds is 4. The van der Waals surface area contributed by atoms with Crippen LogP contribution in [0.2, 0.25) is 5.15 Å². The van der Waals surface area contributed by atoms with Gasteiger partial charge in [0.15, 0.2) is 11.9 Å². The van der Waals surface area contributed by atoms with Crippen molar-refractivity contribution < 1.29 is 5.41 Å². The summed E-state index contributed by atoms with van der Waals surface area (Å²) in [7, 11) is 0. The number of piperazine rings is 1. The first-order chi connectivity index (χ1) is 14.0. The quantitative estimate of drug-likeness (QED) is 0.518.